The number of benzene rings is 3. The maximum absolute atomic E-state index is 14.1. The molecule has 1 spiro atoms. The molecule has 0 radical (unpaired) electrons. The quantitative estimate of drug-likeness (QED) is 0.420. The molecule has 2 heterocycles. The van der Waals surface area contributed by atoms with Crippen LogP contribution in [0.1, 0.15) is 12.0 Å². The van der Waals surface area contributed by atoms with Gasteiger partial charge in [0, 0.05) is 40.0 Å². The first-order chi connectivity index (χ1) is 17.0. The van der Waals surface area contributed by atoms with E-state index in [-0.39, 0.29) is 30.9 Å². The van der Waals surface area contributed by atoms with Crippen LogP contribution in [0.3, 0.4) is 0 Å². The molecule has 1 N–H and O–H groups in total. The van der Waals surface area contributed by atoms with E-state index in [0.717, 1.165) is 17.0 Å². The number of hydrogen-bond acceptors (Lipinski definition) is 4. The lowest BCUT2D eigenvalue weighted by Crippen LogP contribution is -2.60. The fourth-order valence-electron chi connectivity index (χ4n) is 4.93. The highest BCUT2D eigenvalue weighted by atomic mass is 35.5. The number of halogens is 5. The Morgan fingerprint density at radius 1 is 0.917 bits per heavy atom. The summed E-state index contributed by atoms with van der Waals surface area (Å²) in [5, 5.41) is 13.4. The van der Waals surface area contributed by atoms with Gasteiger partial charge in [0.1, 0.15) is 11.3 Å². The maximum atomic E-state index is 14.1. The van der Waals surface area contributed by atoms with Crippen molar-refractivity contribution < 1.29 is 32.5 Å². The zero-order valence-electron chi connectivity index (χ0n) is 18.5. The Labute approximate surface area is 214 Å². The number of anilines is 2. The topological polar surface area (TPSA) is 62.2 Å². The van der Waals surface area contributed by atoms with E-state index >= 15 is 0 Å². The summed E-state index contributed by atoms with van der Waals surface area (Å²) in [6, 6.07) is 17.1. The van der Waals surface area contributed by atoms with E-state index in [0.29, 0.717) is 15.7 Å². The molecule has 6 nitrogen and oxygen atoms in total. The Balaban J connectivity index is 1.75. The highest BCUT2D eigenvalue weighted by molar-refractivity contribution is 6.31. The van der Waals surface area contributed by atoms with Gasteiger partial charge in [0.25, 0.3) is 0 Å². The fraction of sp³-hybridized carbons (Fsp3) is 0.240. The van der Waals surface area contributed by atoms with Crippen molar-refractivity contribution in [1.29, 1.82) is 0 Å². The van der Waals surface area contributed by atoms with E-state index in [1.165, 1.54) is 17.0 Å². The van der Waals surface area contributed by atoms with Gasteiger partial charge in [-0.05, 0) is 60.7 Å². The van der Waals surface area contributed by atoms with Crippen molar-refractivity contribution >= 4 is 40.6 Å². The Hall–Kier alpha value is -2.98. The Morgan fingerprint density at radius 3 is 2.03 bits per heavy atom. The Morgan fingerprint density at radius 2 is 1.50 bits per heavy atom. The van der Waals surface area contributed by atoms with Gasteiger partial charge >= 0.3 is 12.4 Å². The minimum atomic E-state index is -4.94. The second-order valence-corrected chi connectivity index (χ2v) is 9.36. The molecular weight excluding hydrogens is 520 g/mol. The molecule has 2 fully saturated rings. The predicted octanol–water partition coefficient (Wildman–Crippen LogP) is 6.34. The summed E-state index contributed by atoms with van der Waals surface area (Å²) in [6.45, 7) is 0.138. The standard InChI is InChI=1S/C25H19Cl2F3N2O4/c26-17-4-8-19(9-5-17)31-22(33)32(20-10-6-18(27)7-11-20)24(34,23(31)12-13-35-15-23)16-2-1-3-21(14-16)36-25(28,29)30/h1-11,14,34H,12-13,15H2/t23-,24+/m0/s1. The van der Waals surface area contributed by atoms with Crippen LogP contribution in [0.25, 0.3) is 0 Å². The summed E-state index contributed by atoms with van der Waals surface area (Å²) in [6.07, 6.45) is -4.74. The molecule has 2 aliphatic heterocycles. The largest absolute Gasteiger partial charge is 0.573 e. The van der Waals surface area contributed by atoms with Gasteiger partial charge in [-0.25, -0.2) is 4.79 Å². The van der Waals surface area contributed by atoms with Gasteiger partial charge < -0.3 is 14.6 Å². The first-order valence-corrected chi connectivity index (χ1v) is 11.6. The maximum Gasteiger partial charge on any atom is 0.573 e. The molecule has 2 saturated heterocycles. The van der Waals surface area contributed by atoms with Crippen LogP contribution in [0.15, 0.2) is 72.8 Å². The number of hydrogen-bond donors (Lipinski definition) is 1. The molecule has 0 saturated carbocycles. The smallest absolute Gasteiger partial charge is 0.406 e. The van der Waals surface area contributed by atoms with Gasteiger partial charge in [0.05, 0.1) is 6.61 Å². The fourth-order valence-corrected chi connectivity index (χ4v) is 5.19. The Bertz CT molecular complexity index is 1280. The van der Waals surface area contributed by atoms with Crippen molar-refractivity contribution in [3.8, 4) is 5.75 Å². The van der Waals surface area contributed by atoms with Crippen LogP contribution >= 0.6 is 23.2 Å². The van der Waals surface area contributed by atoms with E-state index in [9.17, 15) is 23.1 Å². The van der Waals surface area contributed by atoms with Crippen LogP contribution < -0.4 is 14.5 Å². The zero-order chi connectivity index (χ0) is 25.7. The minimum absolute atomic E-state index is 0.0227. The number of urea groups is 1. The number of nitrogens with zero attached hydrogens (tertiary/aromatic N) is 2. The van der Waals surface area contributed by atoms with Crippen molar-refractivity contribution in [2.24, 2.45) is 0 Å². The average molecular weight is 539 g/mol. The molecule has 2 amide bonds. The summed E-state index contributed by atoms with van der Waals surface area (Å²) in [7, 11) is 0. The first-order valence-electron chi connectivity index (χ1n) is 10.9. The lowest BCUT2D eigenvalue weighted by Gasteiger charge is -2.44. The van der Waals surface area contributed by atoms with Crippen LogP contribution in [0.2, 0.25) is 10.0 Å². The molecule has 0 aliphatic carbocycles. The molecule has 2 aliphatic rings. The molecule has 0 aromatic heterocycles. The summed E-state index contributed by atoms with van der Waals surface area (Å²) in [4.78, 5) is 16.7. The minimum Gasteiger partial charge on any atom is -0.406 e. The zero-order valence-corrected chi connectivity index (χ0v) is 20.0. The lowest BCUT2D eigenvalue weighted by atomic mass is 9.79. The van der Waals surface area contributed by atoms with Crippen molar-refractivity contribution in [3.63, 3.8) is 0 Å². The van der Waals surface area contributed by atoms with Crippen molar-refractivity contribution in [2.75, 3.05) is 23.0 Å². The third-order valence-electron chi connectivity index (χ3n) is 6.42. The van der Waals surface area contributed by atoms with E-state index < -0.39 is 29.4 Å². The number of ether oxygens (including phenoxy) is 2. The molecule has 0 bridgehead atoms. The molecule has 188 valence electrons. The summed E-state index contributed by atoms with van der Waals surface area (Å²) >= 11 is 12.1. The normalized spacial score (nSPS) is 24.1. The molecule has 3 aromatic rings. The predicted molar refractivity (Wildman–Crippen MR) is 128 cm³/mol. The Kier molecular flexibility index (Phi) is 6.07. The second-order valence-electron chi connectivity index (χ2n) is 8.49. The number of alkyl halides is 3. The van der Waals surface area contributed by atoms with Crippen LogP contribution in [0.4, 0.5) is 29.3 Å². The third-order valence-corrected chi connectivity index (χ3v) is 6.93. The SMILES string of the molecule is O=C1N(c2ccc(Cl)cc2)[C@]2(CCOC2)[C@](O)(c2cccc(OC(F)(F)F)c2)N1c1ccc(Cl)cc1. The monoisotopic (exact) mass is 538 g/mol. The van der Waals surface area contributed by atoms with Crippen LogP contribution in [0, 0.1) is 0 Å². The number of carbonyl (C=O) groups is 1. The number of amides is 2. The molecule has 0 unspecified atom stereocenters. The molecule has 3 aromatic carbocycles. The average Bonchev–Trinajstić information content (AvgIpc) is 3.38. The van der Waals surface area contributed by atoms with Gasteiger partial charge in [-0.15, -0.1) is 13.2 Å². The van der Waals surface area contributed by atoms with E-state index in [2.05, 4.69) is 4.74 Å². The third kappa shape index (κ3) is 3.96. The molecule has 36 heavy (non-hydrogen) atoms. The van der Waals surface area contributed by atoms with Gasteiger partial charge in [0.2, 0.25) is 0 Å². The second kappa shape index (κ2) is 8.85. The van der Waals surface area contributed by atoms with Gasteiger partial charge in [0.15, 0.2) is 5.72 Å². The van der Waals surface area contributed by atoms with Gasteiger partial charge in [-0.3, -0.25) is 9.80 Å². The number of rotatable bonds is 4. The van der Waals surface area contributed by atoms with E-state index in [1.54, 1.807) is 48.5 Å². The molecule has 5 rings (SSSR count). The van der Waals surface area contributed by atoms with Crippen LogP contribution in [-0.2, 0) is 10.5 Å². The first kappa shape index (κ1) is 24.7. The lowest BCUT2D eigenvalue weighted by molar-refractivity contribution is -0.274. The van der Waals surface area contributed by atoms with Gasteiger partial charge in [-0.1, -0.05) is 35.3 Å². The summed E-state index contributed by atoms with van der Waals surface area (Å²) in [5.74, 6) is -0.532. The highest BCUT2D eigenvalue weighted by Gasteiger charge is 2.70. The molecule has 2 atom stereocenters. The summed E-state index contributed by atoms with van der Waals surface area (Å²) in [5.41, 5.74) is -2.80. The number of aliphatic hydroxyl groups is 1. The van der Waals surface area contributed by atoms with Gasteiger partial charge in [-0.2, -0.15) is 0 Å². The highest BCUT2D eigenvalue weighted by Crippen LogP contribution is 2.54. The van der Waals surface area contributed by atoms with E-state index in [4.69, 9.17) is 27.9 Å². The van der Waals surface area contributed by atoms with E-state index in [1.807, 2.05) is 0 Å². The molecular formula is C25H19Cl2F3N2O4. The van der Waals surface area contributed by atoms with Crippen molar-refractivity contribution in [3.05, 3.63) is 88.4 Å². The number of carbonyl (C=O) groups excluding carboxylic acids is 1. The molecule has 11 heteroatoms. The van der Waals surface area contributed by atoms with Crippen molar-refractivity contribution in [1.82, 2.24) is 0 Å². The van der Waals surface area contributed by atoms with Crippen molar-refractivity contribution in [2.45, 2.75) is 24.0 Å². The van der Waals surface area contributed by atoms with Crippen LogP contribution in [0.5, 0.6) is 5.75 Å². The van der Waals surface area contributed by atoms with Crippen LogP contribution in [-0.4, -0.2) is 36.3 Å². The summed E-state index contributed by atoms with van der Waals surface area (Å²) < 4.78 is 48.8.